The van der Waals surface area contributed by atoms with Crippen molar-refractivity contribution in [1.82, 2.24) is 0 Å². The van der Waals surface area contributed by atoms with Crippen LogP contribution in [0.2, 0.25) is 5.02 Å². The van der Waals surface area contributed by atoms with Crippen LogP contribution in [0.4, 0.5) is 10.7 Å². The van der Waals surface area contributed by atoms with Crippen LogP contribution >= 0.6 is 22.9 Å². The van der Waals surface area contributed by atoms with Crippen LogP contribution in [-0.2, 0) is 22.9 Å². The molecule has 1 amide bonds. The molecule has 32 heavy (non-hydrogen) atoms. The summed E-state index contributed by atoms with van der Waals surface area (Å²) in [7, 11) is -3.77. The highest BCUT2D eigenvalue weighted by atomic mass is 35.5. The summed E-state index contributed by atoms with van der Waals surface area (Å²) < 4.78 is 27.5. The van der Waals surface area contributed by atoms with Crippen LogP contribution in [0.5, 0.6) is 0 Å². The molecule has 3 aromatic rings. The molecule has 6 nitrogen and oxygen atoms in total. The third-order valence-corrected chi connectivity index (χ3v) is 8.19. The van der Waals surface area contributed by atoms with E-state index in [1.807, 2.05) is 0 Å². The Labute approximate surface area is 195 Å². The molecule has 1 aliphatic rings. The molecule has 0 saturated heterocycles. The zero-order valence-electron chi connectivity index (χ0n) is 17.2. The molecular weight excluding hydrogens is 466 g/mol. The van der Waals surface area contributed by atoms with E-state index in [1.54, 1.807) is 0 Å². The van der Waals surface area contributed by atoms with Gasteiger partial charge in [-0.25, -0.2) is 8.42 Å². The van der Waals surface area contributed by atoms with Crippen LogP contribution in [0.3, 0.4) is 0 Å². The molecule has 4 rings (SSSR count). The van der Waals surface area contributed by atoms with Gasteiger partial charge >= 0.3 is 0 Å². The predicted octanol–water partition coefficient (Wildman–Crippen LogP) is 5.45. The molecule has 0 bridgehead atoms. The van der Waals surface area contributed by atoms with E-state index in [0.29, 0.717) is 32.8 Å². The van der Waals surface area contributed by atoms with Gasteiger partial charge in [-0.3, -0.25) is 9.52 Å². The summed E-state index contributed by atoms with van der Waals surface area (Å²) >= 11 is 7.28. The highest BCUT2D eigenvalue weighted by molar-refractivity contribution is 7.92. The molecule has 1 aliphatic carbocycles. The summed E-state index contributed by atoms with van der Waals surface area (Å²) in [6.45, 7) is 2.19. The first-order chi connectivity index (χ1) is 15.3. The molecule has 2 N–H and O–H groups in total. The molecule has 1 heterocycles. The van der Waals surface area contributed by atoms with Gasteiger partial charge in [0.15, 0.2) is 0 Å². The quantitative estimate of drug-likeness (QED) is 0.501. The lowest BCUT2D eigenvalue weighted by atomic mass is 9.88. The molecule has 0 aliphatic heterocycles. The lowest BCUT2D eigenvalue weighted by Gasteiger charge is -2.17. The average molecular weight is 486 g/mol. The largest absolute Gasteiger partial charge is 0.312 e. The van der Waals surface area contributed by atoms with Crippen LogP contribution in [0, 0.1) is 17.2 Å². The van der Waals surface area contributed by atoms with E-state index in [2.05, 4.69) is 23.0 Å². The topological polar surface area (TPSA) is 99.1 Å². The van der Waals surface area contributed by atoms with Crippen LogP contribution in [-0.4, -0.2) is 14.3 Å². The van der Waals surface area contributed by atoms with E-state index < -0.39 is 10.0 Å². The van der Waals surface area contributed by atoms with Crippen LogP contribution in [0.15, 0.2) is 53.4 Å². The summed E-state index contributed by atoms with van der Waals surface area (Å²) in [5, 5.41) is 13.5. The van der Waals surface area contributed by atoms with Gasteiger partial charge in [0.1, 0.15) is 11.1 Å². The maximum atomic E-state index is 12.7. The van der Waals surface area contributed by atoms with Crippen molar-refractivity contribution in [3.63, 3.8) is 0 Å². The van der Waals surface area contributed by atoms with Crippen molar-refractivity contribution in [2.75, 3.05) is 10.0 Å². The molecule has 1 aromatic heterocycles. The van der Waals surface area contributed by atoms with E-state index in [9.17, 15) is 18.5 Å². The number of benzene rings is 2. The summed E-state index contributed by atoms with van der Waals surface area (Å²) in [6.07, 6.45) is 2.82. The minimum Gasteiger partial charge on any atom is -0.312 e. The van der Waals surface area contributed by atoms with E-state index in [-0.39, 0.29) is 10.8 Å². The average Bonchev–Trinajstić information content (AvgIpc) is 3.10. The van der Waals surface area contributed by atoms with Gasteiger partial charge in [0.2, 0.25) is 0 Å². The molecule has 0 saturated carbocycles. The summed E-state index contributed by atoms with van der Waals surface area (Å²) in [4.78, 5) is 14.0. The maximum Gasteiger partial charge on any atom is 0.261 e. The molecular formula is C23H20ClN3O3S2. The van der Waals surface area contributed by atoms with Crippen LogP contribution in [0.25, 0.3) is 0 Å². The normalized spacial score (nSPS) is 15.5. The zero-order chi connectivity index (χ0) is 22.9. The highest BCUT2D eigenvalue weighted by Gasteiger charge is 2.25. The Hall–Kier alpha value is -2.86. The number of fused-ring (bicyclic) bond motifs is 1. The standard InChI is InChI=1S/C23H20ClN3O3S2/c1-14-2-11-19-20(13-25)23(31-21(19)12-14)26-22(28)15-3-7-17(8-4-15)27-32(29,30)18-9-5-16(24)6-10-18/h3-10,14,27H,2,11-12H2,1H3,(H,26,28). The number of carbonyl (C=O) groups is 1. The number of nitrogens with zero attached hydrogens (tertiary/aromatic N) is 1. The molecule has 9 heteroatoms. The molecule has 1 atom stereocenters. The predicted molar refractivity (Wildman–Crippen MR) is 127 cm³/mol. The SMILES string of the molecule is CC1CCc2c(sc(NC(=O)c3ccc(NS(=O)(=O)c4ccc(Cl)cc4)cc3)c2C#N)C1. The first kappa shape index (κ1) is 22.3. The van der Waals surface area contributed by atoms with Crippen LogP contribution in [0.1, 0.15) is 39.7 Å². The molecule has 164 valence electrons. The molecule has 0 radical (unpaired) electrons. The third-order valence-electron chi connectivity index (χ3n) is 5.37. The van der Waals surface area contributed by atoms with Crippen molar-refractivity contribution in [2.24, 2.45) is 5.92 Å². The second-order valence-electron chi connectivity index (χ2n) is 7.76. The molecule has 0 fully saturated rings. The Bertz CT molecular complexity index is 1310. The monoisotopic (exact) mass is 485 g/mol. The van der Waals surface area contributed by atoms with Crippen molar-refractivity contribution in [1.29, 1.82) is 5.26 Å². The zero-order valence-corrected chi connectivity index (χ0v) is 19.6. The van der Waals surface area contributed by atoms with Gasteiger partial charge in [0.05, 0.1) is 10.5 Å². The van der Waals surface area contributed by atoms with Gasteiger partial charge < -0.3 is 5.32 Å². The fraction of sp³-hybridized carbons (Fsp3) is 0.217. The minimum absolute atomic E-state index is 0.0868. The summed E-state index contributed by atoms with van der Waals surface area (Å²) in [5.41, 5.74) is 2.30. The third kappa shape index (κ3) is 4.65. The Morgan fingerprint density at radius 2 is 1.84 bits per heavy atom. The van der Waals surface area contributed by atoms with E-state index >= 15 is 0 Å². The van der Waals surface area contributed by atoms with Crippen molar-refractivity contribution < 1.29 is 13.2 Å². The molecule has 0 spiro atoms. The lowest BCUT2D eigenvalue weighted by Crippen LogP contribution is -2.14. The second kappa shape index (κ2) is 8.94. The first-order valence-electron chi connectivity index (χ1n) is 10.0. The Morgan fingerprint density at radius 3 is 2.50 bits per heavy atom. The number of hydrogen-bond donors (Lipinski definition) is 2. The molecule has 1 unspecified atom stereocenters. The van der Waals surface area contributed by atoms with Gasteiger partial charge in [-0.15, -0.1) is 11.3 Å². The second-order valence-corrected chi connectivity index (χ2v) is 11.0. The van der Waals surface area contributed by atoms with Crippen molar-refractivity contribution in [3.05, 3.63) is 75.1 Å². The first-order valence-corrected chi connectivity index (χ1v) is 12.7. The van der Waals surface area contributed by atoms with Crippen molar-refractivity contribution in [2.45, 2.75) is 31.1 Å². The number of carbonyl (C=O) groups excluding carboxylic acids is 1. The number of sulfonamides is 1. The molecule has 2 aromatic carbocycles. The van der Waals surface area contributed by atoms with Gasteiger partial charge in [-0.1, -0.05) is 18.5 Å². The lowest BCUT2D eigenvalue weighted by molar-refractivity contribution is 0.102. The Kier molecular flexibility index (Phi) is 6.24. The van der Waals surface area contributed by atoms with E-state index in [1.165, 1.54) is 64.7 Å². The number of nitriles is 1. The number of amides is 1. The van der Waals surface area contributed by atoms with E-state index in [0.717, 1.165) is 24.8 Å². The van der Waals surface area contributed by atoms with Crippen molar-refractivity contribution >= 4 is 49.6 Å². The number of rotatable bonds is 5. The minimum atomic E-state index is -3.77. The Morgan fingerprint density at radius 1 is 1.16 bits per heavy atom. The summed E-state index contributed by atoms with van der Waals surface area (Å²) in [6, 6.07) is 14.2. The fourth-order valence-corrected chi connectivity index (χ4v) is 6.19. The van der Waals surface area contributed by atoms with Crippen LogP contribution < -0.4 is 10.0 Å². The smallest absolute Gasteiger partial charge is 0.261 e. The van der Waals surface area contributed by atoms with Gasteiger partial charge in [0.25, 0.3) is 15.9 Å². The number of anilines is 2. The number of hydrogen-bond acceptors (Lipinski definition) is 5. The van der Waals surface area contributed by atoms with E-state index in [4.69, 9.17) is 11.6 Å². The fourth-order valence-electron chi connectivity index (χ4n) is 3.65. The van der Waals surface area contributed by atoms with Gasteiger partial charge in [0, 0.05) is 21.2 Å². The Balaban J connectivity index is 1.48. The van der Waals surface area contributed by atoms with Gasteiger partial charge in [-0.2, -0.15) is 5.26 Å². The summed E-state index contributed by atoms with van der Waals surface area (Å²) in [5.74, 6) is 0.223. The highest BCUT2D eigenvalue weighted by Crippen LogP contribution is 2.39. The number of thiophene rings is 1. The van der Waals surface area contributed by atoms with Crippen molar-refractivity contribution in [3.8, 4) is 6.07 Å². The maximum absolute atomic E-state index is 12.7. The van der Waals surface area contributed by atoms with Gasteiger partial charge in [-0.05, 0) is 79.3 Å². The number of nitrogens with one attached hydrogen (secondary N) is 2. The number of halogens is 1.